The quantitative estimate of drug-likeness (QED) is 0.347. The minimum absolute atomic E-state index is 0.0205. The van der Waals surface area contributed by atoms with Crippen molar-refractivity contribution in [1.29, 1.82) is 0 Å². The van der Waals surface area contributed by atoms with Crippen LogP contribution in [0.5, 0.6) is 0 Å². The van der Waals surface area contributed by atoms with Crippen LogP contribution in [0.25, 0.3) is 0 Å². The maximum absolute atomic E-state index is 13.4. The van der Waals surface area contributed by atoms with Crippen molar-refractivity contribution < 1.29 is 26.9 Å². The molecule has 4 rings (SSSR count). The summed E-state index contributed by atoms with van der Waals surface area (Å²) in [5, 5.41) is 0.846. The molecule has 4 atom stereocenters. The molecule has 2 aromatic rings. The molecule has 2 fully saturated rings. The number of carbonyl (C=O) groups is 1. The summed E-state index contributed by atoms with van der Waals surface area (Å²) in [5.74, 6) is -0.0752. The Morgan fingerprint density at radius 3 is 2.59 bits per heavy atom. The number of halogens is 2. The second kappa shape index (κ2) is 13.8. The van der Waals surface area contributed by atoms with Crippen molar-refractivity contribution in [2.24, 2.45) is 0 Å². The van der Waals surface area contributed by atoms with Crippen LogP contribution in [0.15, 0.2) is 48.5 Å². The Labute approximate surface area is 241 Å². The van der Waals surface area contributed by atoms with E-state index in [0.717, 1.165) is 36.6 Å². The third kappa shape index (κ3) is 8.88. The third-order valence-electron chi connectivity index (χ3n) is 7.24. The number of benzene rings is 2. The first-order chi connectivity index (χ1) is 18.6. The second-order valence-electron chi connectivity index (χ2n) is 10.2. The van der Waals surface area contributed by atoms with Crippen LogP contribution < -0.4 is 0 Å². The average molecular weight is 600 g/mol. The lowest BCUT2D eigenvalue weighted by Crippen LogP contribution is -2.43. The number of carbonyl (C=O) groups excluding carboxylic acids is 1. The molecule has 0 aromatic heterocycles. The maximum atomic E-state index is 13.4. The van der Waals surface area contributed by atoms with Crippen LogP contribution in [0.1, 0.15) is 42.9 Å². The third-order valence-corrected chi connectivity index (χ3v) is 8.54. The molecule has 11 heteroatoms. The number of amides is 1. The minimum atomic E-state index is -3.61. The summed E-state index contributed by atoms with van der Waals surface area (Å²) in [6.07, 6.45) is 4.39. The molecular weight excluding hydrogens is 563 g/mol. The molecule has 2 aliphatic heterocycles. The van der Waals surface area contributed by atoms with Gasteiger partial charge < -0.3 is 14.4 Å². The summed E-state index contributed by atoms with van der Waals surface area (Å²) < 4.78 is 40.8. The van der Waals surface area contributed by atoms with Gasteiger partial charge in [-0.05, 0) is 48.9 Å². The summed E-state index contributed by atoms with van der Waals surface area (Å²) >= 11 is 12.2. The highest BCUT2D eigenvalue weighted by Gasteiger charge is 2.38. The van der Waals surface area contributed by atoms with Crippen LogP contribution in [0.3, 0.4) is 0 Å². The summed E-state index contributed by atoms with van der Waals surface area (Å²) in [7, 11) is -1.82. The smallest absolute Gasteiger partial charge is 0.264 e. The molecule has 214 valence electrons. The van der Waals surface area contributed by atoms with E-state index in [1.165, 1.54) is 0 Å². The van der Waals surface area contributed by atoms with Gasteiger partial charge in [0.1, 0.15) is 0 Å². The van der Waals surface area contributed by atoms with Gasteiger partial charge in [-0.25, -0.2) is 0 Å². The lowest BCUT2D eigenvalue weighted by Gasteiger charge is -2.34. The fourth-order valence-corrected chi connectivity index (χ4v) is 5.87. The van der Waals surface area contributed by atoms with Gasteiger partial charge in [-0.2, -0.15) is 8.42 Å². The van der Waals surface area contributed by atoms with E-state index in [2.05, 4.69) is 4.90 Å². The molecule has 39 heavy (non-hydrogen) atoms. The number of likely N-dealkylation sites (tertiary alicyclic amines) is 1. The van der Waals surface area contributed by atoms with Gasteiger partial charge in [-0.15, -0.1) is 0 Å². The molecule has 0 aliphatic carbocycles. The van der Waals surface area contributed by atoms with Crippen LogP contribution in [0.2, 0.25) is 10.0 Å². The van der Waals surface area contributed by atoms with E-state index in [-0.39, 0.29) is 43.4 Å². The molecule has 2 aliphatic rings. The largest absolute Gasteiger partial charge is 0.353 e. The van der Waals surface area contributed by atoms with Gasteiger partial charge in [0.05, 0.1) is 41.5 Å². The number of nitrogens with zero attached hydrogens (tertiary/aromatic N) is 2. The van der Waals surface area contributed by atoms with E-state index in [4.69, 9.17) is 36.9 Å². The Balaban J connectivity index is 1.52. The molecule has 2 heterocycles. The van der Waals surface area contributed by atoms with Crippen molar-refractivity contribution >= 4 is 39.2 Å². The van der Waals surface area contributed by atoms with Crippen molar-refractivity contribution in [3.8, 4) is 0 Å². The minimum Gasteiger partial charge on any atom is -0.353 e. The highest BCUT2D eigenvalue weighted by Crippen LogP contribution is 2.30. The Hall–Kier alpha value is -1.72. The van der Waals surface area contributed by atoms with Gasteiger partial charge in [-0.1, -0.05) is 59.6 Å². The number of ether oxygens (including phenoxy) is 2. The first-order valence-corrected chi connectivity index (χ1v) is 15.8. The Morgan fingerprint density at radius 2 is 1.92 bits per heavy atom. The average Bonchev–Trinajstić information content (AvgIpc) is 3.29. The van der Waals surface area contributed by atoms with Crippen LogP contribution in [0, 0.1) is 0 Å². The Kier molecular flexibility index (Phi) is 10.7. The molecule has 0 N–H and O–H groups in total. The standard InChI is InChI=1S/C28H36Cl2N2O6S/c1-31(27(33)15-20-11-12-24(29)25(30)14-20)26(21-8-4-3-5-9-21)18-32-17-23(38-28-10-6-7-13-36-28)16-22(32)19-37-39(2,34)35/h3-5,8-9,11-12,14,22-23,26,28H,6-7,10,13,15-19H2,1-2H3/t22-,23?,26+,28?/m0/s1. The van der Waals surface area contributed by atoms with Crippen molar-refractivity contribution in [3.05, 3.63) is 69.7 Å². The van der Waals surface area contributed by atoms with E-state index in [1.54, 1.807) is 30.1 Å². The predicted octanol–water partition coefficient (Wildman–Crippen LogP) is 4.70. The first-order valence-electron chi connectivity index (χ1n) is 13.2. The summed E-state index contributed by atoms with van der Waals surface area (Å²) in [6.45, 7) is 1.77. The number of hydrogen-bond donors (Lipinski definition) is 0. The summed E-state index contributed by atoms with van der Waals surface area (Å²) in [6, 6.07) is 14.5. The zero-order valence-electron chi connectivity index (χ0n) is 22.3. The topological polar surface area (TPSA) is 85.4 Å². The zero-order valence-corrected chi connectivity index (χ0v) is 24.6. The molecule has 8 nitrogen and oxygen atoms in total. The van der Waals surface area contributed by atoms with Crippen molar-refractivity contribution in [3.63, 3.8) is 0 Å². The first kappa shape index (κ1) is 30.2. The molecule has 1 amide bonds. The van der Waals surface area contributed by atoms with Gasteiger partial charge in [0.15, 0.2) is 6.29 Å². The van der Waals surface area contributed by atoms with Crippen molar-refractivity contribution in [2.75, 3.05) is 39.6 Å². The fourth-order valence-electron chi connectivity index (χ4n) is 5.14. The highest BCUT2D eigenvalue weighted by atomic mass is 35.5. The maximum Gasteiger partial charge on any atom is 0.264 e. The van der Waals surface area contributed by atoms with Gasteiger partial charge in [0.25, 0.3) is 10.1 Å². The van der Waals surface area contributed by atoms with Gasteiger partial charge in [-0.3, -0.25) is 13.9 Å². The number of likely N-dealkylation sites (N-methyl/N-ethyl adjacent to an activating group) is 1. The van der Waals surface area contributed by atoms with Crippen molar-refractivity contribution in [1.82, 2.24) is 9.80 Å². The van der Waals surface area contributed by atoms with Gasteiger partial charge >= 0.3 is 0 Å². The van der Waals surface area contributed by atoms with Gasteiger partial charge in [0, 0.05) is 32.8 Å². The SMILES string of the molecule is CN(C(=O)Cc1ccc(Cl)c(Cl)c1)[C@H](CN1CC(OC2CCCCO2)C[C@H]1COS(C)(=O)=O)c1ccccc1. The van der Waals surface area contributed by atoms with Gasteiger partial charge in [0.2, 0.25) is 5.91 Å². The zero-order chi connectivity index (χ0) is 28.0. The van der Waals surface area contributed by atoms with Crippen LogP contribution in [-0.2, 0) is 35.0 Å². The van der Waals surface area contributed by atoms with E-state index in [0.29, 0.717) is 36.2 Å². The van der Waals surface area contributed by atoms with E-state index < -0.39 is 10.1 Å². The van der Waals surface area contributed by atoms with E-state index >= 15 is 0 Å². The molecule has 0 radical (unpaired) electrons. The monoisotopic (exact) mass is 598 g/mol. The number of hydrogen-bond acceptors (Lipinski definition) is 7. The molecule has 0 saturated carbocycles. The fraction of sp³-hybridized carbons (Fsp3) is 0.536. The Bertz CT molecular complexity index is 1210. The highest BCUT2D eigenvalue weighted by molar-refractivity contribution is 7.85. The van der Waals surface area contributed by atoms with E-state index in [1.807, 2.05) is 30.3 Å². The van der Waals surface area contributed by atoms with E-state index in [9.17, 15) is 13.2 Å². The van der Waals surface area contributed by atoms with Crippen molar-refractivity contribution in [2.45, 2.75) is 56.6 Å². The molecule has 2 saturated heterocycles. The normalized spacial score (nSPS) is 23.0. The Morgan fingerprint density at radius 1 is 1.15 bits per heavy atom. The lowest BCUT2D eigenvalue weighted by atomic mass is 10.0. The predicted molar refractivity (Wildman–Crippen MR) is 151 cm³/mol. The summed E-state index contributed by atoms with van der Waals surface area (Å²) in [5.41, 5.74) is 1.75. The molecular formula is C28H36Cl2N2O6S. The summed E-state index contributed by atoms with van der Waals surface area (Å²) in [4.78, 5) is 17.4. The van der Waals surface area contributed by atoms with Crippen LogP contribution in [0.4, 0.5) is 0 Å². The molecule has 0 bridgehead atoms. The molecule has 2 aromatic carbocycles. The molecule has 0 spiro atoms. The second-order valence-corrected chi connectivity index (χ2v) is 12.7. The van der Waals surface area contributed by atoms with Crippen LogP contribution >= 0.6 is 23.2 Å². The molecule has 2 unspecified atom stereocenters. The number of rotatable bonds is 11. The van der Waals surface area contributed by atoms with Crippen LogP contribution in [-0.4, -0.2) is 82.2 Å². The lowest BCUT2D eigenvalue weighted by molar-refractivity contribution is -0.185.